The van der Waals surface area contributed by atoms with E-state index in [1.165, 1.54) is 12.8 Å². The minimum absolute atomic E-state index is 0.103. The first kappa shape index (κ1) is 9.97. The molecular formula is C13H20O. The van der Waals surface area contributed by atoms with Crippen molar-refractivity contribution in [1.29, 1.82) is 0 Å². The average Bonchev–Trinajstić information content (AvgIpc) is 2.19. The Bertz CT molecular complexity index is 256. The SMILES string of the molecule is C=CCC(O)[C@@]1(C)C[C@@H]2C=C[C@H]1CC2. The van der Waals surface area contributed by atoms with E-state index in [0.29, 0.717) is 11.8 Å². The highest BCUT2D eigenvalue weighted by Crippen LogP contribution is 2.51. The van der Waals surface area contributed by atoms with Crippen molar-refractivity contribution in [3.63, 3.8) is 0 Å². The summed E-state index contributed by atoms with van der Waals surface area (Å²) < 4.78 is 0. The molecule has 1 fully saturated rings. The maximum atomic E-state index is 10.2. The lowest BCUT2D eigenvalue weighted by molar-refractivity contribution is -0.0326. The zero-order valence-electron chi connectivity index (χ0n) is 8.95. The Balaban J connectivity index is 2.16. The molecule has 78 valence electrons. The van der Waals surface area contributed by atoms with Crippen LogP contribution < -0.4 is 0 Å². The second kappa shape index (κ2) is 3.54. The van der Waals surface area contributed by atoms with Crippen LogP contribution in [0.15, 0.2) is 24.8 Å². The van der Waals surface area contributed by atoms with Gasteiger partial charge in [-0.3, -0.25) is 0 Å². The molecule has 3 aliphatic carbocycles. The lowest BCUT2D eigenvalue weighted by atomic mass is 9.57. The zero-order valence-corrected chi connectivity index (χ0v) is 8.95. The van der Waals surface area contributed by atoms with Gasteiger partial charge in [-0.15, -0.1) is 6.58 Å². The van der Waals surface area contributed by atoms with Gasteiger partial charge in [-0.2, -0.15) is 0 Å². The van der Waals surface area contributed by atoms with Crippen molar-refractivity contribution in [3.8, 4) is 0 Å². The Labute approximate surface area is 86.5 Å². The van der Waals surface area contributed by atoms with E-state index in [-0.39, 0.29) is 11.5 Å². The Morgan fingerprint density at radius 2 is 2.36 bits per heavy atom. The van der Waals surface area contributed by atoms with E-state index in [0.717, 1.165) is 12.8 Å². The highest BCUT2D eigenvalue weighted by atomic mass is 16.3. The van der Waals surface area contributed by atoms with Gasteiger partial charge >= 0.3 is 0 Å². The molecule has 0 spiro atoms. The van der Waals surface area contributed by atoms with Gasteiger partial charge in [0.05, 0.1) is 6.10 Å². The number of rotatable bonds is 3. The number of aliphatic hydroxyl groups is 1. The Kier molecular flexibility index (Phi) is 2.52. The molecule has 0 saturated heterocycles. The van der Waals surface area contributed by atoms with E-state index in [9.17, 15) is 5.11 Å². The van der Waals surface area contributed by atoms with Gasteiger partial charge in [-0.25, -0.2) is 0 Å². The van der Waals surface area contributed by atoms with Crippen LogP contribution in [0, 0.1) is 17.3 Å². The number of allylic oxidation sites excluding steroid dienone is 2. The summed E-state index contributed by atoms with van der Waals surface area (Å²) in [4.78, 5) is 0. The summed E-state index contributed by atoms with van der Waals surface area (Å²) in [5.41, 5.74) is 0.103. The normalized spacial score (nSPS) is 42.4. The number of aliphatic hydroxyl groups excluding tert-OH is 1. The van der Waals surface area contributed by atoms with E-state index in [4.69, 9.17) is 0 Å². The quantitative estimate of drug-likeness (QED) is 0.682. The second-order valence-corrected chi connectivity index (χ2v) is 5.08. The summed E-state index contributed by atoms with van der Waals surface area (Å²) in [6.45, 7) is 5.95. The average molecular weight is 192 g/mol. The Morgan fingerprint density at radius 3 is 2.79 bits per heavy atom. The van der Waals surface area contributed by atoms with Gasteiger partial charge in [0.2, 0.25) is 0 Å². The van der Waals surface area contributed by atoms with Crippen LogP contribution in [0.25, 0.3) is 0 Å². The van der Waals surface area contributed by atoms with Crippen LogP contribution in [-0.2, 0) is 0 Å². The van der Waals surface area contributed by atoms with Crippen molar-refractivity contribution in [2.75, 3.05) is 0 Å². The van der Waals surface area contributed by atoms with Crippen molar-refractivity contribution in [1.82, 2.24) is 0 Å². The molecule has 1 saturated carbocycles. The standard InChI is InChI=1S/C13H20O/c1-3-4-12(14)13(2)9-10-5-7-11(13)8-6-10/h3,5,7,10-12,14H,1,4,6,8-9H2,2H3/t10-,11+,12?,13+/m1/s1. The molecule has 3 aliphatic rings. The Hall–Kier alpha value is -0.560. The molecule has 0 aliphatic heterocycles. The van der Waals surface area contributed by atoms with Crippen molar-refractivity contribution in [2.45, 2.75) is 38.7 Å². The predicted molar refractivity (Wildman–Crippen MR) is 58.9 cm³/mol. The van der Waals surface area contributed by atoms with Gasteiger partial charge in [0.25, 0.3) is 0 Å². The summed E-state index contributed by atoms with van der Waals surface area (Å²) in [6.07, 6.45) is 10.8. The van der Waals surface area contributed by atoms with Crippen LogP contribution >= 0.6 is 0 Å². The third-order valence-electron chi connectivity index (χ3n) is 4.16. The fourth-order valence-electron chi connectivity index (χ4n) is 3.12. The summed E-state index contributed by atoms with van der Waals surface area (Å²) in [6, 6.07) is 0. The number of hydrogen-bond donors (Lipinski definition) is 1. The van der Waals surface area contributed by atoms with Crippen LogP contribution in [0.4, 0.5) is 0 Å². The molecule has 0 aromatic rings. The molecule has 1 heteroatoms. The molecule has 0 aromatic heterocycles. The van der Waals surface area contributed by atoms with Crippen molar-refractivity contribution in [2.24, 2.45) is 17.3 Å². The lowest BCUT2D eigenvalue weighted by Crippen LogP contribution is -2.45. The molecular weight excluding hydrogens is 172 g/mol. The van der Waals surface area contributed by atoms with Gasteiger partial charge in [0.15, 0.2) is 0 Å². The smallest absolute Gasteiger partial charge is 0.0633 e. The fourth-order valence-corrected chi connectivity index (χ4v) is 3.12. The minimum Gasteiger partial charge on any atom is -0.392 e. The maximum Gasteiger partial charge on any atom is 0.0633 e. The van der Waals surface area contributed by atoms with Gasteiger partial charge in [0, 0.05) is 5.41 Å². The van der Waals surface area contributed by atoms with Crippen molar-refractivity contribution < 1.29 is 5.11 Å². The Morgan fingerprint density at radius 1 is 1.57 bits per heavy atom. The molecule has 3 rings (SSSR count). The molecule has 1 nitrogen and oxygen atoms in total. The number of fused-ring (bicyclic) bond motifs is 2. The lowest BCUT2D eigenvalue weighted by Gasteiger charge is -2.49. The van der Waals surface area contributed by atoms with E-state index < -0.39 is 0 Å². The monoisotopic (exact) mass is 192 g/mol. The largest absolute Gasteiger partial charge is 0.392 e. The third-order valence-corrected chi connectivity index (χ3v) is 4.16. The van der Waals surface area contributed by atoms with Gasteiger partial charge in [0.1, 0.15) is 0 Å². The predicted octanol–water partition coefficient (Wildman–Crippen LogP) is 2.92. The van der Waals surface area contributed by atoms with E-state index >= 15 is 0 Å². The van der Waals surface area contributed by atoms with Gasteiger partial charge < -0.3 is 5.11 Å². The topological polar surface area (TPSA) is 20.2 Å². The molecule has 0 aromatic carbocycles. The highest BCUT2D eigenvalue weighted by molar-refractivity contribution is 5.12. The maximum absolute atomic E-state index is 10.2. The number of hydrogen-bond acceptors (Lipinski definition) is 1. The first-order chi connectivity index (χ1) is 6.66. The fraction of sp³-hybridized carbons (Fsp3) is 0.692. The molecule has 0 amide bonds. The molecule has 4 atom stereocenters. The van der Waals surface area contributed by atoms with E-state index in [1.54, 1.807) is 0 Å². The van der Waals surface area contributed by atoms with E-state index in [1.807, 2.05) is 6.08 Å². The third kappa shape index (κ3) is 1.44. The summed E-state index contributed by atoms with van der Waals surface area (Å²) in [7, 11) is 0. The first-order valence-electron chi connectivity index (χ1n) is 5.64. The highest BCUT2D eigenvalue weighted by Gasteiger charge is 2.45. The molecule has 2 bridgehead atoms. The van der Waals surface area contributed by atoms with Crippen LogP contribution in [0.5, 0.6) is 0 Å². The molecule has 0 radical (unpaired) electrons. The van der Waals surface area contributed by atoms with Gasteiger partial charge in [-0.05, 0) is 37.5 Å². The van der Waals surface area contributed by atoms with E-state index in [2.05, 4.69) is 25.7 Å². The molecule has 14 heavy (non-hydrogen) atoms. The summed E-state index contributed by atoms with van der Waals surface area (Å²) in [5, 5.41) is 10.2. The zero-order chi connectivity index (χ0) is 10.2. The molecule has 1 N–H and O–H groups in total. The van der Waals surface area contributed by atoms with Crippen LogP contribution in [-0.4, -0.2) is 11.2 Å². The van der Waals surface area contributed by atoms with Gasteiger partial charge in [-0.1, -0.05) is 25.2 Å². The van der Waals surface area contributed by atoms with Crippen LogP contribution in [0.2, 0.25) is 0 Å². The minimum atomic E-state index is -0.210. The summed E-state index contributed by atoms with van der Waals surface area (Å²) >= 11 is 0. The first-order valence-corrected chi connectivity index (χ1v) is 5.64. The second-order valence-electron chi connectivity index (χ2n) is 5.08. The molecule has 0 heterocycles. The molecule has 1 unspecified atom stereocenters. The van der Waals surface area contributed by atoms with Crippen LogP contribution in [0.1, 0.15) is 32.6 Å². The summed E-state index contributed by atoms with van der Waals surface area (Å²) in [5.74, 6) is 1.30. The van der Waals surface area contributed by atoms with Crippen LogP contribution in [0.3, 0.4) is 0 Å². The van der Waals surface area contributed by atoms with Crippen molar-refractivity contribution >= 4 is 0 Å². The van der Waals surface area contributed by atoms with Crippen molar-refractivity contribution in [3.05, 3.63) is 24.8 Å².